The van der Waals surface area contributed by atoms with E-state index in [1.165, 1.54) is 16.4 Å². The van der Waals surface area contributed by atoms with Crippen molar-refractivity contribution in [2.24, 2.45) is 0 Å². The molecule has 2 heterocycles. The first kappa shape index (κ1) is 11.9. The van der Waals surface area contributed by atoms with E-state index in [1.54, 1.807) is 11.3 Å². The van der Waals surface area contributed by atoms with Gasteiger partial charge in [-0.2, -0.15) is 9.64 Å². The van der Waals surface area contributed by atoms with E-state index in [2.05, 4.69) is 21.9 Å². The van der Waals surface area contributed by atoms with Gasteiger partial charge in [-0.05, 0) is 29.4 Å². The van der Waals surface area contributed by atoms with E-state index < -0.39 is 0 Å². The lowest BCUT2D eigenvalue weighted by atomic mass is 10.3. The Kier molecular flexibility index (Phi) is 3.61. The molecule has 0 aliphatic rings. The van der Waals surface area contributed by atoms with E-state index in [1.807, 2.05) is 18.0 Å². The number of anilines is 2. The molecule has 0 bridgehead atoms. The first-order valence-electron chi connectivity index (χ1n) is 5.11. The van der Waals surface area contributed by atoms with Crippen LogP contribution in [0.5, 0.6) is 0 Å². The molecular weight excluding hydrogens is 252 g/mol. The van der Waals surface area contributed by atoms with Gasteiger partial charge < -0.3 is 10.6 Å². The third-order valence-electron chi connectivity index (χ3n) is 2.43. The zero-order valence-electron chi connectivity index (χ0n) is 9.38. The predicted molar refractivity (Wildman–Crippen MR) is 72.5 cm³/mol. The van der Waals surface area contributed by atoms with E-state index >= 15 is 0 Å². The van der Waals surface area contributed by atoms with Gasteiger partial charge in [-0.25, -0.2) is 0 Å². The largest absolute Gasteiger partial charge is 0.382 e. The van der Waals surface area contributed by atoms with Crippen LogP contribution in [0, 0.1) is 11.3 Å². The highest BCUT2D eigenvalue weighted by Gasteiger charge is 2.14. The first-order chi connectivity index (χ1) is 8.22. The number of hydrogen-bond donors (Lipinski definition) is 1. The second-order valence-corrected chi connectivity index (χ2v) is 5.39. The van der Waals surface area contributed by atoms with Crippen LogP contribution in [-0.2, 0) is 6.42 Å². The highest BCUT2D eigenvalue weighted by Crippen LogP contribution is 2.28. The number of hydrogen-bond acceptors (Lipinski definition) is 6. The summed E-state index contributed by atoms with van der Waals surface area (Å²) < 4.78 is 4.01. The number of thiophene rings is 1. The molecule has 88 valence electrons. The number of nitrogens with two attached hydrogens (primary N) is 1. The van der Waals surface area contributed by atoms with Gasteiger partial charge in [0.05, 0.1) is 0 Å². The first-order valence-corrected chi connectivity index (χ1v) is 6.76. The van der Waals surface area contributed by atoms with Crippen LogP contribution >= 0.6 is 22.9 Å². The van der Waals surface area contributed by atoms with Crippen molar-refractivity contribution >= 4 is 33.7 Å². The Morgan fingerprint density at radius 3 is 3.06 bits per heavy atom. The second kappa shape index (κ2) is 5.17. The van der Waals surface area contributed by atoms with Crippen LogP contribution in [-0.4, -0.2) is 18.0 Å². The smallest absolute Gasteiger partial charge is 0.157 e. The average molecular weight is 264 g/mol. The van der Waals surface area contributed by atoms with Crippen molar-refractivity contribution in [2.75, 3.05) is 24.2 Å². The fraction of sp³-hybridized carbons (Fsp3) is 0.273. The van der Waals surface area contributed by atoms with Crippen molar-refractivity contribution in [1.29, 1.82) is 5.26 Å². The Bertz CT molecular complexity index is 524. The summed E-state index contributed by atoms with van der Waals surface area (Å²) >= 11 is 3.02. The molecule has 2 N–H and O–H groups in total. The summed E-state index contributed by atoms with van der Waals surface area (Å²) in [4.78, 5) is 3.37. The van der Waals surface area contributed by atoms with E-state index in [9.17, 15) is 0 Å². The van der Waals surface area contributed by atoms with E-state index in [4.69, 9.17) is 11.0 Å². The maximum Gasteiger partial charge on any atom is 0.157 e. The maximum atomic E-state index is 9.00. The quantitative estimate of drug-likeness (QED) is 0.920. The summed E-state index contributed by atoms with van der Waals surface area (Å²) in [7, 11) is 1.96. The van der Waals surface area contributed by atoms with Crippen molar-refractivity contribution in [2.45, 2.75) is 6.42 Å². The van der Waals surface area contributed by atoms with Gasteiger partial charge in [-0.15, -0.1) is 11.3 Å². The lowest BCUT2D eigenvalue weighted by Crippen LogP contribution is -2.19. The predicted octanol–water partition coefficient (Wildman–Crippen LogP) is 2.34. The molecule has 2 aromatic rings. The number of nitriles is 1. The Hall–Kier alpha value is -1.58. The molecule has 0 spiro atoms. The van der Waals surface area contributed by atoms with Crippen LogP contribution in [0.4, 0.5) is 10.8 Å². The molecular formula is C11H12N4S2. The average Bonchev–Trinajstić information content (AvgIpc) is 2.94. The van der Waals surface area contributed by atoms with Crippen molar-refractivity contribution in [3.05, 3.63) is 28.0 Å². The van der Waals surface area contributed by atoms with Gasteiger partial charge in [-0.1, -0.05) is 6.07 Å². The van der Waals surface area contributed by atoms with Crippen molar-refractivity contribution in [1.82, 2.24) is 4.37 Å². The number of likely N-dealkylation sites (N-methyl/N-ethyl adjacent to an activating group) is 1. The van der Waals surface area contributed by atoms with Gasteiger partial charge in [0, 0.05) is 18.5 Å². The molecule has 0 saturated heterocycles. The van der Waals surface area contributed by atoms with Crippen LogP contribution in [0.25, 0.3) is 0 Å². The van der Waals surface area contributed by atoms with Gasteiger partial charge in [0.2, 0.25) is 0 Å². The molecule has 2 rings (SSSR count). The molecule has 0 fully saturated rings. The molecule has 17 heavy (non-hydrogen) atoms. The molecule has 0 radical (unpaired) electrons. The van der Waals surface area contributed by atoms with E-state index in [0.29, 0.717) is 11.4 Å². The van der Waals surface area contributed by atoms with Gasteiger partial charge in [0.15, 0.2) is 5.82 Å². The topological polar surface area (TPSA) is 65.9 Å². The molecule has 0 aliphatic carbocycles. The number of rotatable bonds is 4. The van der Waals surface area contributed by atoms with Crippen LogP contribution in [0.15, 0.2) is 17.5 Å². The van der Waals surface area contributed by atoms with Crippen LogP contribution in [0.3, 0.4) is 0 Å². The van der Waals surface area contributed by atoms with Crippen molar-refractivity contribution in [3.8, 4) is 6.07 Å². The summed E-state index contributed by atoms with van der Waals surface area (Å²) in [6.45, 7) is 0.858. The second-order valence-electron chi connectivity index (χ2n) is 3.61. The van der Waals surface area contributed by atoms with Crippen molar-refractivity contribution < 1.29 is 0 Å². The number of nitrogens with zero attached hydrogens (tertiary/aromatic N) is 3. The summed E-state index contributed by atoms with van der Waals surface area (Å²) in [5.41, 5.74) is 6.12. The highest BCUT2D eigenvalue weighted by atomic mass is 32.1. The van der Waals surface area contributed by atoms with Crippen LogP contribution in [0.1, 0.15) is 10.4 Å². The SMILES string of the molecule is CN(CCc1cccs1)c1snc(N)c1C#N. The van der Waals surface area contributed by atoms with Crippen LogP contribution < -0.4 is 10.6 Å². The molecule has 0 atom stereocenters. The monoisotopic (exact) mass is 264 g/mol. The molecule has 0 saturated carbocycles. The Labute approximate surface area is 108 Å². The minimum atomic E-state index is 0.329. The summed E-state index contributed by atoms with van der Waals surface area (Å²) in [5, 5.41) is 11.9. The summed E-state index contributed by atoms with van der Waals surface area (Å²) in [6, 6.07) is 6.26. The minimum Gasteiger partial charge on any atom is -0.382 e. The third-order valence-corrected chi connectivity index (χ3v) is 4.35. The fourth-order valence-electron chi connectivity index (χ4n) is 1.49. The van der Waals surface area contributed by atoms with Gasteiger partial charge in [0.25, 0.3) is 0 Å². The van der Waals surface area contributed by atoms with Gasteiger partial charge in [0.1, 0.15) is 16.6 Å². The lowest BCUT2D eigenvalue weighted by molar-refractivity contribution is 0.895. The maximum absolute atomic E-state index is 9.00. The van der Waals surface area contributed by atoms with Gasteiger partial charge >= 0.3 is 0 Å². The molecule has 6 heteroatoms. The Balaban J connectivity index is 2.05. The Morgan fingerprint density at radius 2 is 2.41 bits per heavy atom. The minimum absolute atomic E-state index is 0.329. The third kappa shape index (κ3) is 2.57. The normalized spacial score (nSPS) is 10.1. The molecule has 2 aromatic heterocycles. The lowest BCUT2D eigenvalue weighted by Gasteiger charge is -2.16. The fourth-order valence-corrected chi connectivity index (χ4v) is 2.94. The molecule has 0 unspecified atom stereocenters. The van der Waals surface area contributed by atoms with Crippen molar-refractivity contribution in [3.63, 3.8) is 0 Å². The van der Waals surface area contributed by atoms with Gasteiger partial charge in [-0.3, -0.25) is 0 Å². The standard InChI is InChI=1S/C11H12N4S2/c1-15(5-4-8-3-2-6-16-8)11-9(7-12)10(13)14-17-11/h2-3,6H,4-5H2,1H3,(H2,13,14). The zero-order valence-corrected chi connectivity index (χ0v) is 11.0. The summed E-state index contributed by atoms with van der Waals surface area (Å²) in [5.74, 6) is 0.329. The molecule has 0 amide bonds. The summed E-state index contributed by atoms with van der Waals surface area (Å²) in [6.07, 6.45) is 0.969. The van der Waals surface area contributed by atoms with E-state index in [-0.39, 0.29) is 0 Å². The Morgan fingerprint density at radius 1 is 1.59 bits per heavy atom. The number of nitrogen functional groups attached to an aromatic ring is 1. The molecule has 0 aromatic carbocycles. The van der Waals surface area contributed by atoms with E-state index in [0.717, 1.165) is 18.0 Å². The highest BCUT2D eigenvalue weighted by molar-refractivity contribution is 7.11. The van der Waals surface area contributed by atoms with Crippen LogP contribution in [0.2, 0.25) is 0 Å². The molecule has 4 nitrogen and oxygen atoms in total. The molecule has 0 aliphatic heterocycles. The zero-order chi connectivity index (χ0) is 12.3. The number of aromatic nitrogens is 1.